The SMILES string of the molecule is C1CCNC1.CC(=O)C[C@@H]1OC[C@@H](O)[C@H](O)[C@H]1O.CC(C)/C=C/C(=O)C[C@@H]1OC[C@@H](O)[C@H](O)[C@H]1O.CC(C)=CCC(=O)C[C@@H]1OC[C@@H](O)[C@H](O)[C@H]1O.CC(C)C=O. The van der Waals surface area contributed by atoms with E-state index in [0.29, 0.717) is 6.42 Å². The average Bonchev–Trinajstić information content (AvgIpc) is 3.75. The molecule has 332 valence electrons. The summed E-state index contributed by atoms with van der Waals surface area (Å²) in [6, 6.07) is 0. The molecular formula is C40H71NO16. The number of hydrogen-bond acceptors (Lipinski definition) is 17. The monoisotopic (exact) mass is 821 g/mol. The van der Waals surface area contributed by atoms with E-state index in [1.54, 1.807) is 6.08 Å². The highest BCUT2D eigenvalue weighted by atomic mass is 16.5. The summed E-state index contributed by atoms with van der Waals surface area (Å²) in [4.78, 5) is 43.3. The van der Waals surface area contributed by atoms with Gasteiger partial charge >= 0.3 is 0 Å². The maximum absolute atomic E-state index is 11.6. The summed E-state index contributed by atoms with van der Waals surface area (Å²) in [5.74, 6) is 0.149. The molecule has 4 aliphatic heterocycles. The fourth-order valence-electron chi connectivity index (χ4n) is 5.24. The van der Waals surface area contributed by atoms with Crippen molar-refractivity contribution < 1.29 is 79.3 Å². The molecule has 0 bridgehead atoms. The van der Waals surface area contributed by atoms with Crippen LogP contribution < -0.4 is 5.32 Å². The quantitative estimate of drug-likeness (QED) is 0.0685. The molecule has 4 saturated heterocycles. The molecule has 4 heterocycles. The van der Waals surface area contributed by atoms with Crippen LogP contribution in [0.15, 0.2) is 23.8 Å². The van der Waals surface area contributed by atoms with E-state index >= 15 is 0 Å². The van der Waals surface area contributed by atoms with Crippen LogP contribution in [-0.4, -0.2) is 176 Å². The average molecular weight is 822 g/mol. The van der Waals surface area contributed by atoms with Crippen LogP contribution in [0.1, 0.15) is 87.0 Å². The zero-order valence-electron chi connectivity index (χ0n) is 34.6. The minimum Gasteiger partial charge on any atom is -0.388 e. The number of carbonyl (C=O) groups is 4. The molecule has 0 amide bonds. The van der Waals surface area contributed by atoms with Gasteiger partial charge < -0.3 is 70.3 Å². The van der Waals surface area contributed by atoms with E-state index in [9.17, 15) is 60.0 Å². The number of aliphatic hydroxyl groups is 9. The molecule has 0 saturated carbocycles. The zero-order chi connectivity index (χ0) is 43.8. The lowest BCUT2D eigenvalue weighted by molar-refractivity contribution is -0.188. The molecule has 0 aromatic heterocycles. The van der Waals surface area contributed by atoms with Gasteiger partial charge in [0.15, 0.2) is 5.78 Å². The molecule has 12 atom stereocenters. The summed E-state index contributed by atoms with van der Waals surface area (Å²) >= 11 is 0. The number of nitrogens with one attached hydrogen (secondary N) is 1. The molecule has 4 fully saturated rings. The van der Waals surface area contributed by atoms with Gasteiger partial charge in [0.2, 0.25) is 0 Å². The molecular weight excluding hydrogens is 750 g/mol. The first kappa shape index (κ1) is 54.6. The van der Waals surface area contributed by atoms with Crippen LogP contribution in [0.4, 0.5) is 0 Å². The summed E-state index contributed by atoms with van der Waals surface area (Å²) in [6.07, 6.45) is -3.64. The van der Waals surface area contributed by atoms with Crippen molar-refractivity contribution in [3.05, 3.63) is 23.8 Å². The summed E-state index contributed by atoms with van der Waals surface area (Å²) in [5, 5.41) is 87.5. The first-order chi connectivity index (χ1) is 26.6. The summed E-state index contributed by atoms with van der Waals surface area (Å²) in [7, 11) is 0. The molecule has 4 rings (SSSR count). The lowest BCUT2D eigenvalue weighted by atomic mass is 9.95. The Morgan fingerprint density at radius 1 is 0.614 bits per heavy atom. The smallest absolute Gasteiger partial charge is 0.158 e. The van der Waals surface area contributed by atoms with Gasteiger partial charge in [-0.1, -0.05) is 45.4 Å². The minimum atomic E-state index is -1.25. The van der Waals surface area contributed by atoms with Crippen molar-refractivity contribution in [1.29, 1.82) is 0 Å². The van der Waals surface area contributed by atoms with E-state index in [2.05, 4.69) is 5.32 Å². The van der Waals surface area contributed by atoms with Crippen molar-refractivity contribution in [3.63, 3.8) is 0 Å². The molecule has 10 N–H and O–H groups in total. The zero-order valence-corrected chi connectivity index (χ0v) is 34.6. The second kappa shape index (κ2) is 29.8. The molecule has 57 heavy (non-hydrogen) atoms. The maximum atomic E-state index is 11.6. The molecule has 0 aromatic rings. The third kappa shape index (κ3) is 23.7. The number of Topliss-reactive ketones (excluding diaryl/α,β-unsaturated/α-hetero) is 2. The van der Waals surface area contributed by atoms with E-state index in [0.717, 1.165) is 11.9 Å². The second-order valence-electron chi connectivity index (χ2n) is 15.5. The van der Waals surface area contributed by atoms with Gasteiger partial charge in [-0.3, -0.25) is 14.4 Å². The van der Waals surface area contributed by atoms with Crippen molar-refractivity contribution in [2.75, 3.05) is 32.9 Å². The number of allylic oxidation sites excluding steroid dienone is 4. The van der Waals surface area contributed by atoms with Gasteiger partial charge in [0.1, 0.15) is 72.8 Å². The minimum absolute atomic E-state index is 0.00810. The van der Waals surface area contributed by atoms with Crippen molar-refractivity contribution in [3.8, 4) is 0 Å². The third-order valence-corrected chi connectivity index (χ3v) is 8.77. The number of aliphatic hydroxyl groups excluding tert-OH is 9. The number of hydrogen-bond donors (Lipinski definition) is 10. The van der Waals surface area contributed by atoms with E-state index < -0.39 is 73.2 Å². The third-order valence-electron chi connectivity index (χ3n) is 8.77. The van der Waals surface area contributed by atoms with Gasteiger partial charge in [-0.25, -0.2) is 0 Å². The van der Waals surface area contributed by atoms with E-state index in [1.807, 2.05) is 47.6 Å². The fourth-order valence-corrected chi connectivity index (χ4v) is 5.24. The summed E-state index contributed by atoms with van der Waals surface area (Å²) in [6.45, 7) is 15.1. The number of carbonyl (C=O) groups excluding carboxylic acids is 4. The molecule has 17 nitrogen and oxygen atoms in total. The van der Waals surface area contributed by atoms with Gasteiger partial charge in [0, 0.05) is 31.6 Å². The van der Waals surface area contributed by atoms with E-state index in [1.165, 1.54) is 38.9 Å². The normalized spacial score (nSPS) is 32.2. The van der Waals surface area contributed by atoms with Crippen molar-refractivity contribution in [2.45, 2.75) is 160 Å². The molecule has 0 radical (unpaired) electrons. The Hall–Kier alpha value is -2.36. The molecule has 4 aliphatic rings. The standard InChI is InChI=1S/2C12H20O5.C8H14O5.C4H9N.C4H8O/c2*1-7(2)3-4-8(13)5-10-12(16)11(15)9(14)6-17-10;1-4(9)2-6-8(12)7(11)5(10)3-13-6;1-2-4-5-3-1;1-4(2)3-5/h3,9-12,14-16H,4-6H2,1-2H3;3-4,7,9-12,14-16H,5-6H2,1-2H3;5-8,10-12H,2-3H2,1H3;5H,1-4H2;3-4H,1-2H3/b;4-3+;;;/t2*9-,10+,11+,12+;5-,6+,7+,8+;;/m111../s1. The van der Waals surface area contributed by atoms with Crippen molar-refractivity contribution in [1.82, 2.24) is 5.32 Å². The van der Waals surface area contributed by atoms with Crippen molar-refractivity contribution in [2.24, 2.45) is 11.8 Å². The van der Waals surface area contributed by atoms with Crippen molar-refractivity contribution >= 4 is 23.6 Å². The molecule has 0 spiro atoms. The Labute approximate surface area is 336 Å². The Bertz CT molecular complexity index is 1200. The number of ether oxygens (including phenoxy) is 3. The first-order valence-electron chi connectivity index (χ1n) is 19.6. The molecule has 0 aromatic carbocycles. The van der Waals surface area contributed by atoms with Gasteiger partial charge in [-0.2, -0.15) is 0 Å². The highest BCUT2D eigenvalue weighted by molar-refractivity contribution is 5.90. The largest absolute Gasteiger partial charge is 0.388 e. The molecule has 0 aliphatic carbocycles. The van der Waals surface area contributed by atoms with Crippen LogP contribution in [-0.2, 0) is 33.4 Å². The topological polar surface area (TPSA) is 290 Å². The Balaban J connectivity index is 0.000000738. The number of aldehydes is 1. The van der Waals surface area contributed by atoms with E-state index in [-0.39, 0.29) is 68.3 Å². The van der Waals surface area contributed by atoms with Gasteiger partial charge in [0.05, 0.1) is 38.1 Å². The second-order valence-corrected chi connectivity index (χ2v) is 15.5. The van der Waals surface area contributed by atoms with Crippen LogP contribution in [0, 0.1) is 11.8 Å². The van der Waals surface area contributed by atoms with Crippen LogP contribution in [0.5, 0.6) is 0 Å². The van der Waals surface area contributed by atoms with Gasteiger partial charge in [0.25, 0.3) is 0 Å². The Morgan fingerprint density at radius 3 is 1.32 bits per heavy atom. The molecule has 17 heteroatoms. The highest BCUT2D eigenvalue weighted by Gasteiger charge is 2.40. The predicted octanol–water partition coefficient (Wildman–Crippen LogP) is -0.919. The Kier molecular flexibility index (Phi) is 28.6. The fraction of sp³-hybridized carbons (Fsp3) is 0.800. The first-order valence-corrected chi connectivity index (χ1v) is 19.6. The summed E-state index contributed by atoms with van der Waals surface area (Å²) < 4.78 is 15.3. The van der Waals surface area contributed by atoms with Crippen LogP contribution >= 0.6 is 0 Å². The van der Waals surface area contributed by atoms with Crippen LogP contribution in [0.2, 0.25) is 0 Å². The highest BCUT2D eigenvalue weighted by Crippen LogP contribution is 2.21. The van der Waals surface area contributed by atoms with Gasteiger partial charge in [-0.05, 0) is 58.7 Å². The summed E-state index contributed by atoms with van der Waals surface area (Å²) in [5.41, 5.74) is 1.05. The number of ketones is 3. The predicted molar refractivity (Wildman–Crippen MR) is 209 cm³/mol. The maximum Gasteiger partial charge on any atom is 0.158 e. The lowest BCUT2D eigenvalue weighted by Crippen LogP contribution is -2.53. The lowest BCUT2D eigenvalue weighted by Gasteiger charge is -2.34. The van der Waals surface area contributed by atoms with E-state index in [4.69, 9.17) is 19.3 Å². The number of rotatable bonds is 11. The van der Waals surface area contributed by atoms with Crippen LogP contribution in [0.3, 0.4) is 0 Å². The molecule has 0 unspecified atom stereocenters. The van der Waals surface area contributed by atoms with Gasteiger partial charge in [-0.15, -0.1) is 0 Å². The Morgan fingerprint density at radius 2 is 1.00 bits per heavy atom. The van der Waals surface area contributed by atoms with Crippen LogP contribution in [0.25, 0.3) is 0 Å².